The van der Waals surface area contributed by atoms with Gasteiger partial charge in [-0.15, -0.1) is 0 Å². The summed E-state index contributed by atoms with van der Waals surface area (Å²) in [6.07, 6.45) is 2.83. The Morgan fingerprint density at radius 1 is 1.00 bits per heavy atom. The van der Waals surface area contributed by atoms with E-state index in [9.17, 15) is 4.39 Å². The van der Waals surface area contributed by atoms with Crippen molar-refractivity contribution in [3.8, 4) is 0 Å². The van der Waals surface area contributed by atoms with Gasteiger partial charge in [0.15, 0.2) is 0 Å². The zero-order chi connectivity index (χ0) is 12.4. The van der Waals surface area contributed by atoms with Crippen LogP contribution in [0, 0.1) is 5.82 Å². The highest BCUT2D eigenvalue weighted by molar-refractivity contribution is 5.89. The average Bonchev–Trinajstić information content (AvgIpc) is 2.40. The molecular weight excluding hydrogens is 229 g/mol. The van der Waals surface area contributed by atoms with Gasteiger partial charge in [0.25, 0.3) is 0 Å². The van der Waals surface area contributed by atoms with Gasteiger partial charge in [-0.3, -0.25) is 4.98 Å². The number of para-hydroxylation sites is 1. The van der Waals surface area contributed by atoms with Crippen molar-refractivity contribution in [2.45, 2.75) is 0 Å². The summed E-state index contributed by atoms with van der Waals surface area (Å²) in [6.45, 7) is 0. The number of benzene rings is 1. The molecule has 0 radical (unpaired) electrons. The summed E-state index contributed by atoms with van der Waals surface area (Å²) >= 11 is 0. The molecule has 2 heterocycles. The molecule has 1 N–H and O–H groups in total. The Hall–Kier alpha value is -2.49. The second kappa shape index (κ2) is 4.41. The van der Waals surface area contributed by atoms with E-state index in [4.69, 9.17) is 0 Å². The molecule has 3 rings (SSSR count). The highest BCUT2D eigenvalue weighted by Gasteiger charge is 2.04. The van der Waals surface area contributed by atoms with Crippen LogP contribution in [0.1, 0.15) is 0 Å². The van der Waals surface area contributed by atoms with Crippen molar-refractivity contribution >= 4 is 22.4 Å². The van der Waals surface area contributed by atoms with Gasteiger partial charge in [0.05, 0.1) is 17.4 Å². The van der Waals surface area contributed by atoms with Crippen LogP contribution < -0.4 is 5.32 Å². The molecule has 88 valence electrons. The second-order valence-electron chi connectivity index (χ2n) is 3.87. The SMILES string of the molecule is Fc1cnc2c(Nc3ccccc3)ccnc2c1. The third-order valence-corrected chi connectivity index (χ3v) is 2.60. The van der Waals surface area contributed by atoms with Crippen LogP contribution in [-0.2, 0) is 0 Å². The first-order chi connectivity index (χ1) is 8.83. The molecule has 0 aliphatic rings. The lowest BCUT2D eigenvalue weighted by Crippen LogP contribution is -1.94. The first-order valence-electron chi connectivity index (χ1n) is 5.55. The van der Waals surface area contributed by atoms with Crippen LogP contribution in [0.25, 0.3) is 11.0 Å². The number of nitrogens with one attached hydrogen (secondary N) is 1. The molecule has 0 amide bonds. The lowest BCUT2D eigenvalue weighted by atomic mass is 10.2. The molecule has 0 saturated heterocycles. The van der Waals surface area contributed by atoms with Gasteiger partial charge in [-0.05, 0) is 18.2 Å². The minimum absolute atomic E-state index is 0.383. The van der Waals surface area contributed by atoms with Crippen molar-refractivity contribution in [1.29, 1.82) is 0 Å². The van der Waals surface area contributed by atoms with E-state index in [-0.39, 0.29) is 5.82 Å². The van der Waals surface area contributed by atoms with Gasteiger partial charge in [-0.1, -0.05) is 18.2 Å². The van der Waals surface area contributed by atoms with Crippen molar-refractivity contribution in [2.75, 3.05) is 5.32 Å². The van der Waals surface area contributed by atoms with Crippen molar-refractivity contribution < 1.29 is 4.39 Å². The van der Waals surface area contributed by atoms with Gasteiger partial charge in [-0.25, -0.2) is 9.37 Å². The molecule has 0 spiro atoms. The third-order valence-electron chi connectivity index (χ3n) is 2.60. The molecule has 3 aromatic rings. The van der Waals surface area contributed by atoms with Gasteiger partial charge in [0, 0.05) is 18.0 Å². The maximum atomic E-state index is 13.1. The van der Waals surface area contributed by atoms with Crippen LogP contribution in [0.15, 0.2) is 54.9 Å². The maximum absolute atomic E-state index is 13.1. The Balaban J connectivity index is 2.07. The number of hydrogen-bond acceptors (Lipinski definition) is 3. The van der Waals surface area contributed by atoms with E-state index >= 15 is 0 Å². The highest BCUT2D eigenvalue weighted by atomic mass is 19.1. The fourth-order valence-electron chi connectivity index (χ4n) is 1.78. The molecular formula is C14H10FN3. The van der Waals surface area contributed by atoms with E-state index in [0.29, 0.717) is 11.0 Å². The number of fused-ring (bicyclic) bond motifs is 1. The molecule has 0 aliphatic heterocycles. The van der Waals surface area contributed by atoms with E-state index in [1.54, 1.807) is 6.20 Å². The maximum Gasteiger partial charge on any atom is 0.143 e. The molecule has 4 heteroatoms. The predicted octanol–water partition coefficient (Wildman–Crippen LogP) is 3.51. The average molecular weight is 239 g/mol. The molecule has 3 nitrogen and oxygen atoms in total. The molecule has 18 heavy (non-hydrogen) atoms. The van der Waals surface area contributed by atoms with Gasteiger partial charge in [-0.2, -0.15) is 0 Å². The standard InChI is InChI=1S/C14H10FN3/c15-10-8-13-14(17-9-10)12(6-7-16-13)18-11-4-2-1-3-5-11/h1-9H,(H,16,18). The summed E-state index contributed by atoms with van der Waals surface area (Å²) in [6, 6.07) is 12.9. The zero-order valence-corrected chi connectivity index (χ0v) is 9.47. The lowest BCUT2D eigenvalue weighted by molar-refractivity contribution is 0.624. The third kappa shape index (κ3) is 2.00. The van der Waals surface area contributed by atoms with Gasteiger partial charge < -0.3 is 5.32 Å². The van der Waals surface area contributed by atoms with Crippen molar-refractivity contribution in [1.82, 2.24) is 9.97 Å². The van der Waals surface area contributed by atoms with Gasteiger partial charge in [0.2, 0.25) is 0 Å². The van der Waals surface area contributed by atoms with Crippen molar-refractivity contribution in [3.63, 3.8) is 0 Å². The molecule has 0 fully saturated rings. The summed E-state index contributed by atoms with van der Waals surface area (Å²) in [5.41, 5.74) is 2.96. The quantitative estimate of drug-likeness (QED) is 0.743. The predicted molar refractivity (Wildman–Crippen MR) is 69.2 cm³/mol. The number of anilines is 2. The first-order valence-corrected chi connectivity index (χ1v) is 5.55. The fourth-order valence-corrected chi connectivity index (χ4v) is 1.78. The number of rotatable bonds is 2. The molecule has 0 atom stereocenters. The number of pyridine rings is 2. The fraction of sp³-hybridized carbons (Fsp3) is 0. The van der Waals surface area contributed by atoms with E-state index in [2.05, 4.69) is 15.3 Å². The van der Waals surface area contributed by atoms with Crippen LogP contribution in [0.3, 0.4) is 0 Å². The minimum Gasteiger partial charge on any atom is -0.354 e. The number of nitrogens with zero attached hydrogens (tertiary/aromatic N) is 2. The van der Waals surface area contributed by atoms with Crippen LogP contribution in [0.5, 0.6) is 0 Å². The topological polar surface area (TPSA) is 37.8 Å². The molecule has 0 bridgehead atoms. The van der Waals surface area contributed by atoms with Crippen molar-refractivity contribution in [3.05, 3.63) is 60.7 Å². The van der Waals surface area contributed by atoms with Crippen LogP contribution in [0.4, 0.5) is 15.8 Å². The Morgan fingerprint density at radius 2 is 1.83 bits per heavy atom. The normalized spacial score (nSPS) is 10.5. The Labute approximate surface area is 103 Å². The monoisotopic (exact) mass is 239 g/mol. The Kier molecular flexibility index (Phi) is 2.61. The van der Waals surface area contributed by atoms with Crippen LogP contribution in [-0.4, -0.2) is 9.97 Å². The number of aromatic nitrogens is 2. The summed E-state index contributed by atoms with van der Waals surface area (Å²) < 4.78 is 13.1. The minimum atomic E-state index is -0.383. The summed E-state index contributed by atoms with van der Waals surface area (Å²) in [4.78, 5) is 8.18. The summed E-state index contributed by atoms with van der Waals surface area (Å²) in [5, 5.41) is 3.24. The molecule has 0 aliphatic carbocycles. The first kappa shape index (κ1) is 10.7. The smallest absolute Gasteiger partial charge is 0.143 e. The van der Waals surface area contributed by atoms with Crippen LogP contribution >= 0.6 is 0 Å². The van der Waals surface area contributed by atoms with Crippen molar-refractivity contribution in [2.24, 2.45) is 0 Å². The van der Waals surface area contributed by atoms with Gasteiger partial charge in [0.1, 0.15) is 11.3 Å². The molecule has 0 unspecified atom stereocenters. The van der Waals surface area contributed by atoms with E-state index in [1.807, 2.05) is 36.4 Å². The largest absolute Gasteiger partial charge is 0.354 e. The van der Waals surface area contributed by atoms with E-state index in [0.717, 1.165) is 11.4 Å². The summed E-state index contributed by atoms with van der Waals surface area (Å²) in [7, 11) is 0. The van der Waals surface area contributed by atoms with Crippen LogP contribution in [0.2, 0.25) is 0 Å². The number of halogens is 1. The molecule has 2 aromatic heterocycles. The Bertz CT molecular complexity index is 683. The zero-order valence-electron chi connectivity index (χ0n) is 9.47. The second-order valence-corrected chi connectivity index (χ2v) is 3.87. The lowest BCUT2D eigenvalue weighted by Gasteiger charge is -2.08. The number of hydrogen-bond donors (Lipinski definition) is 1. The van der Waals surface area contributed by atoms with Gasteiger partial charge >= 0.3 is 0 Å². The highest BCUT2D eigenvalue weighted by Crippen LogP contribution is 2.23. The van der Waals surface area contributed by atoms with E-state index in [1.165, 1.54) is 12.3 Å². The molecule has 0 saturated carbocycles. The summed E-state index contributed by atoms with van der Waals surface area (Å²) in [5.74, 6) is -0.383. The molecule has 1 aromatic carbocycles. The van der Waals surface area contributed by atoms with E-state index < -0.39 is 0 Å². The Morgan fingerprint density at radius 3 is 2.67 bits per heavy atom.